The molecule has 0 aliphatic rings. The summed E-state index contributed by atoms with van der Waals surface area (Å²) in [6.07, 6.45) is 1.46. The zero-order chi connectivity index (χ0) is 15.3. The van der Waals surface area contributed by atoms with Gasteiger partial charge in [-0.1, -0.05) is 30.3 Å². The van der Waals surface area contributed by atoms with Crippen molar-refractivity contribution >= 4 is 10.0 Å². The van der Waals surface area contributed by atoms with Crippen LogP contribution in [0.25, 0.3) is 0 Å². The third kappa shape index (κ3) is 4.31. The number of aryl methyl sites for hydroxylation is 2. The molecule has 0 aromatic heterocycles. The molecule has 2 rings (SSSR count). The zero-order valence-electron chi connectivity index (χ0n) is 11.9. The number of benzene rings is 2. The maximum absolute atomic E-state index is 12.2. The van der Waals surface area contributed by atoms with E-state index in [-0.39, 0.29) is 5.75 Å². The number of sulfonamides is 1. The van der Waals surface area contributed by atoms with Gasteiger partial charge in [-0.15, -0.1) is 0 Å². The van der Waals surface area contributed by atoms with Gasteiger partial charge in [0.2, 0.25) is 10.0 Å². The van der Waals surface area contributed by atoms with E-state index >= 15 is 0 Å². The SMILES string of the molecule is Cc1ccccc1S(=O)(=O)NCCCc1ccc(O)cc1. The number of aromatic hydroxyl groups is 1. The van der Waals surface area contributed by atoms with E-state index in [4.69, 9.17) is 0 Å². The highest BCUT2D eigenvalue weighted by molar-refractivity contribution is 7.89. The van der Waals surface area contributed by atoms with Crippen LogP contribution in [0.2, 0.25) is 0 Å². The topological polar surface area (TPSA) is 66.4 Å². The van der Waals surface area contributed by atoms with E-state index in [1.165, 1.54) is 0 Å². The lowest BCUT2D eigenvalue weighted by Gasteiger charge is -2.09. The molecule has 21 heavy (non-hydrogen) atoms. The van der Waals surface area contributed by atoms with Crippen LogP contribution in [-0.2, 0) is 16.4 Å². The first-order valence-electron chi connectivity index (χ1n) is 6.82. The van der Waals surface area contributed by atoms with E-state index in [1.807, 2.05) is 18.2 Å². The summed E-state index contributed by atoms with van der Waals surface area (Å²) in [6.45, 7) is 2.17. The average Bonchev–Trinajstić information content (AvgIpc) is 2.46. The Morgan fingerprint density at radius 3 is 2.38 bits per heavy atom. The molecule has 0 saturated heterocycles. The van der Waals surface area contributed by atoms with Crippen molar-refractivity contribution in [1.29, 1.82) is 0 Å². The Labute approximate surface area is 125 Å². The molecule has 5 heteroatoms. The van der Waals surface area contributed by atoms with Crippen molar-refractivity contribution in [3.8, 4) is 5.75 Å². The molecule has 2 N–H and O–H groups in total. The number of rotatable bonds is 6. The summed E-state index contributed by atoms with van der Waals surface area (Å²) in [5.41, 5.74) is 1.81. The third-order valence-electron chi connectivity index (χ3n) is 3.25. The zero-order valence-corrected chi connectivity index (χ0v) is 12.7. The molecule has 0 atom stereocenters. The first-order valence-corrected chi connectivity index (χ1v) is 8.30. The van der Waals surface area contributed by atoms with Gasteiger partial charge in [0.15, 0.2) is 0 Å². The fourth-order valence-corrected chi connectivity index (χ4v) is 3.42. The second-order valence-electron chi connectivity index (χ2n) is 4.93. The summed E-state index contributed by atoms with van der Waals surface area (Å²) in [6, 6.07) is 13.9. The molecule has 0 radical (unpaired) electrons. The number of hydrogen-bond donors (Lipinski definition) is 2. The fourth-order valence-electron chi connectivity index (χ4n) is 2.10. The Kier molecular flexibility index (Phi) is 4.98. The minimum atomic E-state index is -3.44. The van der Waals surface area contributed by atoms with Crippen molar-refractivity contribution in [3.05, 3.63) is 59.7 Å². The lowest BCUT2D eigenvalue weighted by atomic mass is 10.1. The van der Waals surface area contributed by atoms with E-state index in [1.54, 1.807) is 37.3 Å². The predicted molar refractivity (Wildman–Crippen MR) is 82.8 cm³/mol. The summed E-state index contributed by atoms with van der Waals surface area (Å²) >= 11 is 0. The maximum atomic E-state index is 12.2. The predicted octanol–water partition coefficient (Wildman–Crippen LogP) is 2.61. The first kappa shape index (κ1) is 15.5. The Morgan fingerprint density at radius 2 is 1.71 bits per heavy atom. The van der Waals surface area contributed by atoms with Gasteiger partial charge in [-0.25, -0.2) is 13.1 Å². The highest BCUT2D eigenvalue weighted by atomic mass is 32.2. The van der Waals surface area contributed by atoms with Crippen LogP contribution in [0.4, 0.5) is 0 Å². The van der Waals surface area contributed by atoms with Crippen LogP contribution in [0.1, 0.15) is 17.5 Å². The largest absolute Gasteiger partial charge is 0.508 e. The van der Waals surface area contributed by atoms with Crippen molar-refractivity contribution in [2.24, 2.45) is 0 Å². The highest BCUT2D eigenvalue weighted by Crippen LogP contribution is 2.14. The van der Waals surface area contributed by atoms with E-state index in [9.17, 15) is 13.5 Å². The monoisotopic (exact) mass is 305 g/mol. The van der Waals surface area contributed by atoms with Gasteiger partial charge < -0.3 is 5.11 Å². The van der Waals surface area contributed by atoms with Crippen LogP contribution in [0, 0.1) is 6.92 Å². The van der Waals surface area contributed by atoms with Crippen LogP contribution < -0.4 is 4.72 Å². The van der Waals surface area contributed by atoms with Crippen LogP contribution in [-0.4, -0.2) is 20.1 Å². The average molecular weight is 305 g/mol. The van der Waals surface area contributed by atoms with Crippen molar-refractivity contribution < 1.29 is 13.5 Å². The quantitative estimate of drug-likeness (QED) is 0.806. The molecule has 2 aromatic rings. The summed E-state index contributed by atoms with van der Waals surface area (Å²) in [5, 5.41) is 9.20. The van der Waals surface area contributed by atoms with Crippen molar-refractivity contribution in [3.63, 3.8) is 0 Å². The molecule has 0 amide bonds. The van der Waals surface area contributed by atoms with Gasteiger partial charge in [-0.3, -0.25) is 0 Å². The second-order valence-corrected chi connectivity index (χ2v) is 6.67. The molecule has 0 unspecified atom stereocenters. The van der Waals surface area contributed by atoms with Crippen LogP contribution in [0.3, 0.4) is 0 Å². The van der Waals surface area contributed by atoms with Gasteiger partial charge in [0, 0.05) is 6.54 Å². The lowest BCUT2D eigenvalue weighted by Crippen LogP contribution is -2.25. The fraction of sp³-hybridized carbons (Fsp3) is 0.250. The molecular weight excluding hydrogens is 286 g/mol. The van der Waals surface area contributed by atoms with Crippen molar-refractivity contribution in [2.75, 3.05) is 6.54 Å². The molecule has 0 fully saturated rings. The summed E-state index contributed by atoms with van der Waals surface area (Å²) in [7, 11) is -3.44. The Balaban J connectivity index is 1.88. The summed E-state index contributed by atoms with van der Waals surface area (Å²) < 4.78 is 27.0. The van der Waals surface area contributed by atoms with Gasteiger partial charge in [0.05, 0.1) is 4.90 Å². The summed E-state index contributed by atoms with van der Waals surface area (Å²) in [5.74, 6) is 0.235. The number of nitrogens with one attached hydrogen (secondary N) is 1. The third-order valence-corrected chi connectivity index (χ3v) is 4.88. The van der Waals surface area contributed by atoms with E-state index < -0.39 is 10.0 Å². The number of phenolic OH excluding ortho intramolecular Hbond substituents is 1. The Hall–Kier alpha value is -1.85. The van der Waals surface area contributed by atoms with E-state index in [0.29, 0.717) is 17.9 Å². The molecule has 0 bridgehead atoms. The van der Waals surface area contributed by atoms with Crippen molar-refractivity contribution in [2.45, 2.75) is 24.7 Å². The molecule has 0 aliphatic carbocycles. The standard InChI is InChI=1S/C16H19NO3S/c1-13-5-2-3-7-16(13)21(19,20)17-12-4-6-14-8-10-15(18)11-9-14/h2-3,5,7-11,17-18H,4,6,12H2,1H3. The minimum Gasteiger partial charge on any atom is -0.508 e. The van der Waals surface area contributed by atoms with Crippen LogP contribution in [0.15, 0.2) is 53.4 Å². The molecule has 112 valence electrons. The number of phenols is 1. The van der Waals surface area contributed by atoms with Gasteiger partial charge in [-0.2, -0.15) is 0 Å². The van der Waals surface area contributed by atoms with Gasteiger partial charge in [0.25, 0.3) is 0 Å². The molecule has 0 spiro atoms. The molecule has 4 nitrogen and oxygen atoms in total. The van der Waals surface area contributed by atoms with Crippen molar-refractivity contribution in [1.82, 2.24) is 4.72 Å². The van der Waals surface area contributed by atoms with Gasteiger partial charge in [0.1, 0.15) is 5.75 Å². The van der Waals surface area contributed by atoms with E-state index in [0.717, 1.165) is 17.5 Å². The van der Waals surface area contributed by atoms with Crippen LogP contribution in [0.5, 0.6) is 5.75 Å². The molecule has 0 aliphatic heterocycles. The van der Waals surface area contributed by atoms with Gasteiger partial charge in [-0.05, 0) is 49.1 Å². The minimum absolute atomic E-state index is 0.235. The molecule has 0 saturated carbocycles. The van der Waals surface area contributed by atoms with Crippen LogP contribution >= 0.6 is 0 Å². The normalized spacial score (nSPS) is 11.5. The maximum Gasteiger partial charge on any atom is 0.240 e. The lowest BCUT2D eigenvalue weighted by molar-refractivity contribution is 0.475. The van der Waals surface area contributed by atoms with Gasteiger partial charge >= 0.3 is 0 Å². The first-order chi connectivity index (χ1) is 9.99. The van der Waals surface area contributed by atoms with E-state index in [2.05, 4.69) is 4.72 Å². The highest BCUT2D eigenvalue weighted by Gasteiger charge is 2.14. The molecule has 0 heterocycles. The Bertz CT molecular complexity index is 694. The number of hydrogen-bond acceptors (Lipinski definition) is 3. The summed E-state index contributed by atoms with van der Waals surface area (Å²) in [4.78, 5) is 0.328. The molecule has 2 aromatic carbocycles. The molecular formula is C16H19NO3S. The second kappa shape index (κ2) is 6.74. The Morgan fingerprint density at radius 1 is 1.05 bits per heavy atom. The smallest absolute Gasteiger partial charge is 0.240 e.